The Hall–Kier alpha value is -13.4. The predicted molar refractivity (Wildman–Crippen MR) is 431 cm³/mol. The van der Waals surface area contributed by atoms with E-state index in [0.717, 1.165) is 72.0 Å². The fourth-order valence-electron chi connectivity index (χ4n) is 16.1. The molecule has 0 radical (unpaired) electrons. The minimum atomic E-state index is -0.846. The molecule has 2 aliphatic heterocycles. The molecule has 102 heavy (non-hydrogen) atoms. The van der Waals surface area contributed by atoms with Gasteiger partial charge in [0.1, 0.15) is 0 Å². The van der Waals surface area contributed by atoms with Crippen molar-refractivity contribution in [2.75, 3.05) is 9.80 Å². The van der Waals surface area contributed by atoms with Crippen molar-refractivity contribution >= 4 is 123 Å². The van der Waals surface area contributed by atoms with Crippen LogP contribution in [0, 0.1) is 0 Å². The first kappa shape index (κ1) is 43.1. The minimum Gasteiger partial charge on any atom is -0.311 e. The standard InChI is InChI=1S/C96H62BN5/c1-6-27-63(28-7-1)68-49-52-83-91(58-68)101(73-56-69(64-29-8-2-9-30-64)55-70(57-73)65-31-10-3-11-32-65)93-61-74(100-87-46-23-18-39-79(87)80-40-19-24-47-88(80)100)62-94-95(93)97(83)84-53-50-72(60-92(84)102(94)96-75(66-33-12-4-13-34-66)42-26-43-76(96)67-35-14-5-15-36-67)99-89-48-25-20-41-81(89)82-59-71(51-54-90(82)99)98-85-44-21-16-37-77(85)78-38-17-22-45-86(78)98/h1-62H/i1D,6D,7D,18D,19D,20D,23D,24D,25D,27D,28D,39D,40D,41D,46D,47D,48D. The third kappa shape index (κ3) is 8.92. The Morgan fingerprint density at radius 2 is 0.657 bits per heavy atom. The second kappa shape index (κ2) is 23.1. The number of nitrogens with zero attached hydrogens (tertiary/aromatic N) is 5. The highest BCUT2D eigenvalue weighted by atomic mass is 15.2. The van der Waals surface area contributed by atoms with Crippen molar-refractivity contribution in [3.05, 3.63) is 376 Å². The zero-order chi connectivity index (χ0) is 81.7. The molecule has 21 rings (SSSR count). The van der Waals surface area contributed by atoms with E-state index in [-0.39, 0.29) is 61.6 Å². The summed E-state index contributed by atoms with van der Waals surface area (Å²) in [5.41, 5.74) is 15.8. The van der Waals surface area contributed by atoms with Crippen LogP contribution in [0.15, 0.2) is 376 Å². The lowest BCUT2D eigenvalue weighted by atomic mass is 9.33. The van der Waals surface area contributed by atoms with Gasteiger partial charge >= 0.3 is 0 Å². The second-order valence-electron chi connectivity index (χ2n) is 25.9. The van der Waals surface area contributed by atoms with E-state index in [9.17, 15) is 19.2 Å². The van der Waals surface area contributed by atoms with Gasteiger partial charge in [-0.25, -0.2) is 0 Å². The van der Waals surface area contributed by atoms with E-state index < -0.39 is 97.3 Å². The summed E-state index contributed by atoms with van der Waals surface area (Å²) in [6.45, 7) is -0.846. The molecule has 0 fully saturated rings. The number of fused-ring (bicyclic) bond motifs is 13. The van der Waals surface area contributed by atoms with Crippen molar-refractivity contribution in [3.8, 4) is 72.7 Å². The molecule has 0 atom stereocenters. The van der Waals surface area contributed by atoms with E-state index in [2.05, 4.69) is 75.0 Å². The lowest BCUT2D eigenvalue weighted by Crippen LogP contribution is -2.61. The maximum Gasteiger partial charge on any atom is 0.252 e. The van der Waals surface area contributed by atoms with Crippen LogP contribution in [0.4, 0.5) is 34.1 Å². The summed E-state index contributed by atoms with van der Waals surface area (Å²) in [4.78, 5) is 4.28. The van der Waals surface area contributed by atoms with Crippen molar-refractivity contribution in [1.82, 2.24) is 13.7 Å². The maximum absolute atomic E-state index is 10.1. The SMILES string of the molecule is [2H]c1c([2H])c([2H])c(-c2ccc3c(c2)N(c2cc(-c4ccccc4)cc(-c4ccccc4)c2)c2cc(-n4c5c([2H])c([2H])c([2H])c([2H])c5c5c([2H])c([2H])c([2H])c([2H])c54)cc4c2B3c2ccc(-n3c5ccc(-n6c7ccccc7c7ccccc76)cc5c5c([2H])c([2H])c([2H])c([2H])c53)cc2N4c2c(-c3ccccc3)cccc2-c2ccccc2)c([2H])c1[2H]. The summed E-state index contributed by atoms with van der Waals surface area (Å²) < 4.78 is 168. The number of hydrogen-bond donors (Lipinski definition) is 0. The average Bonchev–Trinajstić information content (AvgIpc) is 1.60. The van der Waals surface area contributed by atoms with Gasteiger partial charge in [0.15, 0.2) is 0 Å². The Kier molecular flexibility index (Phi) is 9.76. The minimum absolute atomic E-state index is 0.0623. The smallest absolute Gasteiger partial charge is 0.252 e. The Balaban J connectivity index is 0.959. The average molecular weight is 1310 g/mol. The molecule has 0 amide bonds. The van der Waals surface area contributed by atoms with Crippen molar-refractivity contribution in [2.24, 2.45) is 0 Å². The van der Waals surface area contributed by atoms with Gasteiger partial charge in [0.05, 0.1) is 67.8 Å². The number of aromatic nitrogens is 3. The van der Waals surface area contributed by atoms with Crippen molar-refractivity contribution in [3.63, 3.8) is 0 Å². The molecule has 474 valence electrons. The normalized spacial score (nSPS) is 14.8. The third-order valence-corrected chi connectivity index (χ3v) is 20.4. The molecule has 3 aromatic heterocycles. The predicted octanol–water partition coefficient (Wildman–Crippen LogP) is 23.4. The van der Waals surface area contributed by atoms with Crippen LogP contribution in [-0.2, 0) is 0 Å². The molecule has 0 aliphatic carbocycles. The van der Waals surface area contributed by atoms with Gasteiger partial charge in [0.25, 0.3) is 6.71 Å². The highest BCUT2D eigenvalue weighted by Crippen LogP contribution is 2.53. The number of benzene rings is 16. The number of anilines is 6. The molecule has 5 nitrogen and oxygen atoms in total. The molecule has 0 spiro atoms. The molecule has 2 aliphatic rings. The molecule has 0 bridgehead atoms. The van der Waals surface area contributed by atoms with Gasteiger partial charge in [0.2, 0.25) is 0 Å². The first-order chi connectivity index (χ1) is 57.7. The fourth-order valence-corrected chi connectivity index (χ4v) is 16.1. The molecule has 0 saturated carbocycles. The summed E-state index contributed by atoms with van der Waals surface area (Å²) in [5.74, 6) is 0. The molecule has 19 aromatic rings. The van der Waals surface area contributed by atoms with Crippen molar-refractivity contribution in [1.29, 1.82) is 0 Å². The van der Waals surface area contributed by atoms with Gasteiger partial charge in [0, 0.05) is 83.3 Å². The van der Waals surface area contributed by atoms with Crippen molar-refractivity contribution in [2.45, 2.75) is 0 Å². The molecule has 0 saturated heterocycles. The first-order valence-corrected chi connectivity index (χ1v) is 33.9. The van der Waals surface area contributed by atoms with Gasteiger partial charge < -0.3 is 23.5 Å². The van der Waals surface area contributed by atoms with Crippen LogP contribution in [-0.4, -0.2) is 20.4 Å². The Morgan fingerprint density at radius 1 is 0.225 bits per heavy atom. The molecular weight excluding hydrogens is 1230 g/mol. The van der Waals surface area contributed by atoms with E-state index >= 15 is 0 Å². The van der Waals surface area contributed by atoms with Crippen LogP contribution in [0.5, 0.6) is 0 Å². The number of rotatable bonds is 10. The molecule has 16 aromatic carbocycles. The Labute approximate surface area is 615 Å². The maximum atomic E-state index is 10.1. The topological polar surface area (TPSA) is 21.3 Å². The highest BCUT2D eigenvalue weighted by Gasteiger charge is 2.45. The van der Waals surface area contributed by atoms with E-state index in [1.165, 1.54) is 4.57 Å². The fraction of sp³-hybridized carbons (Fsp3) is 0. The van der Waals surface area contributed by atoms with E-state index in [1.807, 2.05) is 211 Å². The Bertz CT molecular complexity index is 7390. The first-order valence-electron chi connectivity index (χ1n) is 42.4. The van der Waals surface area contributed by atoms with Crippen LogP contribution in [0.25, 0.3) is 138 Å². The zero-order valence-corrected chi connectivity index (χ0v) is 54.3. The van der Waals surface area contributed by atoms with Gasteiger partial charge in [-0.1, -0.05) is 279 Å². The summed E-state index contributed by atoms with van der Waals surface area (Å²) in [5, 5.41) is 2.61. The van der Waals surface area contributed by atoms with Crippen LogP contribution < -0.4 is 26.2 Å². The number of para-hydroxylation sites is 6. The second-order valence-corrected chi connectivity index (χ2v) is 25.9. The number of hydrogen-bond acceptors (Lipinski definition) is 2. The molecule has 5 heterocycles. The third-order valence-electron chi connectivity index (χ3n) is 20.4. The highest BCUT2D eigenvalue weighted by molar-refractivity contribution is 7.00. The molecule has 0 N–H and O–H groups in total. The molecular formula is C96H62BN5. The van der Waals surface area contributed by atoms with Gasteiger partial charge in [-0.05, 0) is 158 Å². The van der Waals surface area contributed by atoms with Crippen molar-refractivity contribution < 1.29 is 23.3 Å². The van der Waals surface area contributed by atoms with Crippen LogP contribution in [0.1, 0.15) is 23.3 Å². The van der Waals surface area contributed by atoms with E-state index in [4.69, 9.17) is 4.11 Å². The van der Waals surface area contributed by atoms with E-state index in [0.29, 0.717) is 67.1 Å². The molecule has 0 unspecified atom stereocenters. The Morgan fingerprint density at radius 3 is 1.24 bits per heavy atom. The molecule has 6 heteroatoms. The lowest BCUT2D eigenvalue weighted by Gasteiger charge is -2.45. The van der Waals surface area contributed by atoms with Gasteiger partial charge in [-0.15, -0.1) is 0 Å². The quantitative estimate of drug-likeness (QED) is 0.127. The lowest BCUT2D eigenvalue weighted by molar-refractivity contribution is 1.15. The zero-order valence-electron chi connectivity index (χ0n) is 71.3. The summed E-state index contributed by atoms with van der Waals surface area (Å²) in [7, 11) is 0. The van der Waals surface area contributed by atoms with Gasteiger partial charge in [-0.2, -0.15) is 0 Å². The summed E-state index contributed by atoms with van der Waals surface area (Å²) >= 11 is 0. The summed E-state index contributed by atoms with van der Waals surface area (Å²) in [6, 6.07) is 81.4. The van der Waals surface area contributed by atoms with Crippen LogP contribution >= 0.6 is 0 Å². The largest absolute Gasteiger partial charge is 0.311 e. The summed E-state index contributed by atoms with van der Waals surface area (Å²) in [6.07, 6.45) is 0. The van der Waals surface area contributed by atoms with E-state index in [1.54, 1.807) is 6.07 Å². The van der Waals surface area contributed by atoms with Gasteiger partial charge in [-0.3, -0.25) is 0 Å². The van der Waals surface area contributed by atoms with Crippen LogP contribution in [0.2, 0.25) is 0 Å². The van der Waals surface area contributed by atoms with Crippen LogP contribution in [0.3, 0.4) is 0 Å². The monoisotopic (exact) mass is 1310 g/mol.